The Labute approximate surface area is 142 Å². The molecule has 1 saturated carbocycles. The van der Waals surface area contributed by atoms with Gasteiger partial charge in [0.1, 0.15) is 0 Å². The third kappa shape index (κ3) is 3.68. The smallest absolute Gasteiger partial charge is 0.238 e. The lowest BCUT2D eigenvalue weighted by Gasteiger charge is -2.23. The van der Waals surface area contributed by atoms with Crippen molar-refractivity contribution in [2.75, 3.05) is 18.4 Å². The molecule has 23 heavy (non-hydrogen) atoms. The fourth-order valence-electron chi connectivity index (χ4n) is 3.41. The van der Waals surface area contributed by atoms with Gasteiger partial charge in [-0.05, 0) is 62.4 Å². The number of carbonyl (C=O) groups is 1. The second kappa shape index (κ2) is 6.39. The lowest BCUT2D eigenvalue weighted by atomic mass is 9.92. The number of primary sulfonamides is 1. The molecule has 3 rings (SSSR count). The van der Waals surface area contributed by atoms with E-state index in [1.165, 1.54) is 6.07 Å². The largest absolute Gasteiger partial charge is 0.326 e. The molecular formula is C15H22ClN3O3S. The zero-order valence-electron chi connectivity index (χ0n) is 13.0. The standard InChI is InChI=1S/C15H21N3O3S.ClH/c1-10-2-3-11(8-13(10)22(16,20)21)18-14(19)12-9-15(12)4-6-17-7-5-15;/h2-3,8,12,17H,4-7,9H2,1H3,(H,18,19)(H2,16,20,21);1H. The van der Waals surface area contributed by atoms with Crippen LogP contribution < -0.4 is 15.8 Å². The molecule has 2 fully saturated rings. The molecule has 1 aromatic carbocycles. The minimum Gasteiger partial charge on any atom is -0.326 e. The third-order valence-corrected chi connectivity index (χ3v) is 5.92. The average molecular weight is 360 g/mol. The van der Waals surface area contributed by atoms with Gasteiger partial charge < -0.3 is 10.6 Å². The van der Waals surface area contributed by atoms with Crippen LogP contribution in [0.4, 0.5) is 5.69 Å². The fraction of sp³-hybridized carbons (Fsp3) is 0.533. The van der Waals surface area contributed by atoms with E-state index in [-0.39, 0.29) is 34.5 Å². The minimum atomic E-state index is -3.78. The summed E-state index contributed by atoms with van der Waals surface area (Å²) in [5.41, 5.74) is 1.21. The normalized spacial score (nSPS) is 22.3. The van der Waals surface area contributed by atoms with E-state index in [0.29, 0.717) is 11.3 Å². The summed E-state index contributed by atoms with van der Waals surface area (Å²) < 4.78 is 23.1. The minimum absolute atomic E-state index is 0. The molecule has 1 saturated heterocycles. The van der Waals surface area contributed by atoms with E-state index in [9.17, 15) is 13.2 Å². The van der Waals surface area contributed by atoms with Crippen molar-refractivity contribution in [3.63, 3.8) is 0 Å². The molecule has 0 radical (unpaired) electrons. The number of aryl methyl sites for hydroxylation is 1. The zero-order valence-corrected chi connectivity index (χ0v) is 14.6. The maximum Gasteiger partial charge on any atom is 0.238 e. The van der Waals surface area contributed by atoms with Gasteiger partial charge in [-0.25, -0.2) is 13.6 Å². The Morgan fingerprint density at radius 2 is 2.00 bits per heavy atom. The Morgan fingerprint density at radius 3 is 2.61 bits per heavy atom. The summed E-state index contributed by atoms with van der Waals surface area (Å²) >= 11 is 0. The van der Waals surface area contributed by atoms with Crippen LogP contribution in [0, 0.1) is 18.3 Å². The molecule has 8 heteroatoms. The summed E-state index contributed by atoms with van der Waals surface area (Å²) in [5, 5.41) is 11.3. The van der Waals surface area contributed by atoms with Crippen molar-refractivity contribution >= 4 is 34.0 Å². The number of benzene rings is 1. The Kier molecular flexibility index (Phi) is 5.06. The number of piperidine rings is 1. The second-order valence-corrected chi connectivity index (χ2v) is 7.91. The fourth-order valence-corrected chi connectivity index (χ4v) is 4.22. The second-order valence-electron chi connectivity index (χ2n) is 6.38. The van der Waals surface area contributed by atoms with E-state index < -0.39 is 10.0 Å². The van der Waals surface area contributed by atoms with Crippen molar-refractivity contribution in [2.24, 2.45) is 16.5 Å². The quantitative estimate of drug-likeness (QED) is 0.759. The van der Waals surface area contributed by atoms with E-state index in [1.807, 2.05) is 0 Å². The molecule has 1 aliphatic heterocycles. The maximum atomic E-state index is 12.4. The first-order chi connectivity index (χ1) is 10.3. The molecule has 0 aromatic heterocycles. The van der Waals surface area contributed by atoms with Gasteiger partial charge in [-0.1, -0.05) is 6.07 Å². The average Bonchev–Trinajstić information content (AvgIpc) is 3.14. The van der Waals surface area contributed by atoms with Gasteiger partial charge >= 0.3 is 0 Å². The highest BCUT2D eigenvalue weighted by atomic mass is 35.5. The zero-order chi connectivity index (χ0) is 16.0. The molecule has 6 nitrogen and oxygen atoms in total. The number of anilines is 1. The number of amides is 1. The van der Waals surface area contributed by atoms with Crippen LogP contribution in [0.1, 0.15) is 24.8 Å². The van der Waals surface area contributed by atoms with Gasteiger partial charge in [0.05, 0.1) is 4.90 Å². The SMILES string of the molecule is Cc1ccc(NC(=O)C2CC23CCNCC3)cc1S(N)(=O)=O.Cl. The molecule has 1 aliphatic carbocycles. The summed E-state index contributed by atoms with van der Waals surface area (Å²) in [5.74, 6) is 0.0139. The molecule has 1 heterocycles. The first kappa shape index (κ1) is 18.2. The number of nitrogens with two attached hydrogens (primary N) is 1. The van der Waals surface area contributed by atoms with Gasteiger partial charge in [0.25, 0.3) is 0 Å². The lowest BCUT2D eigenvalue weighted by Crippen LogP contribution is -2.31. The molecule has 1 atom stereocenters. The Balaban J connectivity index is 0.00000192. The van der Waals surface area contributed by atoms with Gasteiger partial charge in [-0.15, -0.1) is 12.4 Å². The molecule has 2 aliphatic rings. The lowest BCUT2D eigenvalue weighted by molar-refractivity contribution is -0.118. The van der Waals surface area contributed by atoms with Crippen molar-refractivity contribution in [1.29, 1.82) is 0 Å². The summed E-state index contributed by atoms with van der Waals surface area (Å²) in [4.78, 5) is 12.4. The van der Waals surface area contributed by atoms with Gasteiger partial charge in [-0.2, -0.15) is 0 Å². The van der Waals surface area contributed by atoms with E-state index in [2.05, 4.69) is 10.6 Å². The molecule has 0 bridgehead atoms. The summed E-state index contributed by atoms with van der Waals surface area (Å²) in [7, 11) is -3.78. The highest BCUT2D eigenvalue weighted by Gasteiger charge is 2.57. The number of rotatable bonds is 3. The van der Waals surface area contributed by atoms with Crippen LogP contribution in [0.3, 0.4) is 0 Å². The molecule has 128 valence electrons. The van der Waals surface area contributed by atoms with Crippen LogP contribution in [0.5, 0.6) is 0 Å². The molecule has 4 N–H and O–H groups in total. The summed E-state index contributed by atoms with van der Waals surface area (Å²) in [6, 6.07) is 4.79. The molecule has 1 spiro atoms. The van der Waals surface area contributed by atoms with Crippen molar-refractivity contribution < 1.29 is 13.2 Å². The number of sulfonamides is 1. The molecule has 1 amide bonds. The van der Waals surface area contributed by atoms with Gasteiger partial charge in [0, 0.05) is 11.6 Å². The van der Waals surface area contributed by atoms with E-state index in [1.54, 1.807) is 19.1 Å². The monoisotopic (exact) mass is 359 g/mol. The van der Waals surface area contributed by atoms with Crippen LogP contribution in [0.2, 0.25) is 0 Å². The van der Waals surface area contributed by atoms with Crippen molar-refractivity contribution in [3.05, 3.63) is 23.8 Å². The molecule has 1 unspecified atom stereocenters. The predicted octanol–water partition coefficient (Wildman–Crippen LogP) is 1.39. The van der Waals surface area contributed by atoms with Crippen LogP contribution in [0.25, 0.3) is 0 Å². The Morgan fingerprint density at radius 1 is 1.35 bits per heavy atom. The van der Waals surface area contributed by atoms with Gasteiger partial charge in [-0.3, -0.25) is 4.79 Å². The van der Waals surface area contributed by atoms with Crippen molar-refractivity contribution in [2.45, 2.75) is 31.1 Å². The Bertz CT molecular complexity index is 715. The molecule has 1 aromatic rings. The first-order valence-electron chi connectivity index (χ1n) is 7.47. The van der Waals surface area contributed by atoms with Crippen molar-refractivity contribution in [1.82, 2.24) is 5.32 Å². The van der Waals surface area contributed by atoms with E-state index in [4.69, 9.17) is 5.14 Å². The predicted molar refractivity (Wildman–Crippen MR) is 91.1 cm³/mol. The van der Waals surface area contributed by atoms with E-state index >= 15 is 0 Å². The summed E-state index contributed by atoms with van der Waals surface area (Å²) in [6.45, 7) is 3.60. The first-order valence-corrected chi connectivity index (χ1v) is 9.02. The number of hydrogen-bond acceptors (Lipinski definition) is 4. The number of carbonyl (C=O) groups excluding carboxylic acids is 1. The van der Waals surface area contributed by atoms with Crippen LogP contribution in [-0.4, -0.2) is 27.4 Å². The van der Waals surface area contributed by atoms with Gasteiger partial charge in [0.2, 0.25) is 15.9 Å². The van der Waals surface area contributed by atoms with Crippen LogP contribution in [-0.2, 0) is 14.8 Å². The third-order valence-electron chi connectivity index (χ3n) is 4.87. The van der Waals surface area contributed by atoms with E-state index in [0.717, 1.165) is 32.4 Å². The number of hydrogen-bond donors (Lipinski definition) is 3. The van der Waals surface area contributed by atoms with Gasteiger partial charge in [0.15, 0.2) is 0 Å². The van der Waals surface area contributed by atoms with Crippen LogP contribution >= 0.6 is 12.4 Å². The summed E-state index contributed by atoms with van der Waals surface area (Å²) in [6.07, 6.45) is 2.98. The number of nitrogens with one attached hydrogen (secondary N) is 2. The maximum absolute atomic E-state index is 12.4. The topological polar surface area (TPSA) is 101 Å². The number of halogens is 1. The van der Waals surface area contributed by atoms with Crippen LogP contribution in [0.15, 0.2) is 23.1 Å². The highest BCUT2D eigenvalue weighted by Crippen LogP contribution is 2.58. The highest BCUT2D eigenvalue weighted by molar-refractivity contribution is 7.89. The molecular weight excluding hydrogens is 338 g/mol. The van der Waals surface area contributed by atoms with Crippen molar-refractivity contribution in [3.8, 4) is 0 Å². The Hall–Kier alpha value is -1.15.